The Morgan fingerprint density at radius 1 is 1.08 bits per heavy atom. The van der Waals surface area contributed by atoms with Gasteiger partial charge in [0, 0.05) is 30.1 Å². The standard InChI is InChI=1S/C25H24F3N5O2S2/c1-13(2)24-32-22(23(36-24)19-9-10-29-25(31-19)30-16-5-6-16)14-3-7-17(27)20(11-14)33-37(34,35)21-12-15(26)4-8-18(21)28/h3-4,7-11,13,16,21,33H,5-6,12H2,1-2H3,(H,29,30,31). The van der Waals surface area contributed by atoms with Gasteiger partial charge in [0.1, 0.15) is 22.7 Å². The highest BCUT2D eigenvalue weighted by Crippen LogP contribution is 2.40. The second-order valence-electron chi connectivity index (χ2n) is 9.27. The fourth-order valence-electron chi connectivity index (χ4n) is 3.77. The zero-order valence-corrected chi connectivity index (χ0v) is 21.6. The number of anilines is 2. The van der Waals surface area contributed by atoms with Crippen LogP contribution in [0.1, 0.15) is 44.0 Å². The van der Waals surface area contributed by atoms with Crippen molar-refractivity contribution in [3.05, 3.63) is 65.1 Å². The number of sulfonamides is 1. The van der Waals surface area contributed by atoms with Crippen LogP contribution in [0.2, 0.25) is 0 Å². The Hall–Kier alpha value is -3.25. The number of nitrogens with zero attached hydrogens (tertiary/aromatic N) is 3. The van der Waals surface area contributed by atoms with E-state index in [0.29, 0.717) is 28.9 Å². The van der Waals surface area contributed by atoms with Crippen LogP contribution in [0.3, 0.4) is 0 Å². The van der Waals surface area contributed by atoms with E-state index in [1.807, 2.05) is 13.8 Å². The summed E-state index contributed by atoms with van der Waals surface area (Å²) in [6.45, 7) is 3.99. The van der Waals surface area contributed by atoms with Gasteiger partial charge < -0.3 is 5.32 Å². The Labute approximate surface area is 216 Å². The lowest BCUT2D eigenvalue weighted by atomic mass is 10.1. The summed E-state index contributed by atoms with van der Waals surface area (Å²) in [5.41, 5.74) is 1.19. The van der Waals surface area contributed by atoms with E-state index >= 15 is 0 Å². The number of halogens is 3. The van der Waals surface area contributed by atoms with E-state index in [4.69, 9.17) is 4.98 Å². The van der Waals surface area contributed by atoms with E-state index in [1.165, 1.54) is 23.5 Å². The number of hydrogen-bond donors (Lipinski definition) is 2. The first-order chi connectivity index (χ1) is 17.6. The molecule has 37 heavy (non-hydrogen) atoms. The summed E-state index contributed by atoms with van der Waals surface area (Å²) >= 11 is 1.44. The van der Waals surface area contributed by atoms with Crippen LogP contribution < -0.4 is 10.0 Å². The molecule has 0 bridgehead atoms. The van der Waals surface area contributed by atoms with Crippen molar-refractivity contribution in [2.45, 2.75) is 50.3 Å². The van der Waals surface area contributed by atoms with Gasteiger partial charge in [0.2, 0.25) is 16.0 Å². The van der Waals surface area contributed by atoms with E-state index < -0.39 is 39.2 Å². The molecule has 1 atom stereocenters. The maximum absolute atomic E-state index is 14.7. The van der Waals surface area contributed by atoms with E-state index in [9.17, 15) is 21.6 Å². The third-order valence-electron chi connectivity index (χ3n) is 5.91. The van der Waals surface area contributed by atoms with Crippen molar-refractivity contribution in [1.29, 1.82) is 0 Å². The minimum atomic E-state index is -4.48. The second kappa shape index (κ2) is 9.90. The Balaban J connectivity index is 1.52. The van der Waals surface area contributed by atoms with Crippen LogP contribution in [0, 0.1) is 5.82 Å². The molecule has 0 saturated heterocycles. The molecule has 2 N–H and O–H groups in total. The Kier molecular flexibility index (Phi) is 6.80. The number of aromatic nitrogens is 3. The average Bonchev–Trinajstić information content (AvgIpc) is 3.55. The summed E-state index contributed by atoms with van der Waals surface area (Å²) in [6, 6.07) is 6.02. The van der Waals surface area contributed by atoms with Crippen LogP contribution in [-0.2, 0) is 10.0 Å². The van der Waals surface area contributed by atoms with Gasteiger partial charge in [-0.25, -0.2) is 36.5 Å². The molecule has 0 radical (unpaired) electrons. The third kappa shape index (κ3) is 5.54. The van der Waals surface area contributed by atoms with Crippen LogP contribution in [0.25, 0.3) is 21.8 Å². The summed E-state index contributed by atoms with van der Waals surface area (Å²) in [6.07, 6.45) is 4.74. The van der Waals surface area contributed by atoms with Crippen molar-refractivity contribution in [2.24, 2.45) is 0 Å². The van der Waals surface area contributed by atoms with Crippen molar-refractivity contribution >= 4 is 33.0 Å². The number of hydrogen-bond acceptors (Lipinski definition) is 7. The Morgan fingerprint density at radius 3 is 2.59 bits per heavy atom. The van der Waals surface area contributed by atoms with Gasteiger partial charge in [-0.05, 0) is 49.3 Å². The highest BCUT2D eigenvalue weighted by Gasteiger charge is 2.33. The normalized spacial score (nSPS) is 17.9. The molecule has 1 saturated carbocycles. The van der Waals surface area contributed by atoms with E-state index in [-0.39, 0.29) is 11.6 Å². The van der Waals surface area contributed by atoms with Gasteiger partial charge in [0.25, 0.3) is 0 Å². The highest BCUT2D eigenvalue weighted by molar-refractivity contribution is 7.93. The Bertz CT molecular complexity index is 1510. The van der Waals surface area contributed by atoms with Crippen LogP contribution in [0.4, 0.5) is 24.8 Å². The lowest BCUT2D eigenvalue weighted by Gasteiger charge is -2.19. The fourth-order valence-corrected chi connectivity index (χ4v) is 6.19. The summed E-state index contributed by atoms with van der Waals surface area (Å²) < 4.78 is 70.4. The van der Waals surface area contributed by atoms with Crippen molar-refractivity contribution in [3.63, 3.8) is 0 Å². The van der Waals surface area contributed by atoms with Crippen molar-refractivity contribution in [2.75, 3.05) is 10.0 Å². The number of rotatable bonds is 8. The first-order valence-electron chi connectivity index (χ1n) is 11.7. The van der Waals surface area contributed by atoms with E-state index in [0.717, 1.165) is 40.9 Å². The summed E-state index contributed by atoms with van der Waals surface area (Å²) in [5.74, 6) is -2.05. The molecule has 1 unspecified atom stereocenters. The quantitative estimate of drug-likeness (QED) is 0.342. The van der Waals surface area contributed by atoms with Gasteiger partial charge in [0.15, 0.2) is 0 Å². The molecule has 1 aromatic carbocycles. The zero-order chi connectivity index (χ0) is 26.3. The first-order valence-corrected chi connectivity index (χ1v) is 14.1. The molecular weight excluding hydrogens is 523 g/mol. The maximum atomic E-state index is 14.7. The maximum Gasteiger partial charge on any atom is 0.242 e. The predicted octanol–water partition coefficient (Wildman–Crippen LogP) is 6.32. The minimum absolute atomic E-state index is 0.103. The summed E-state index contributed by atoms with van der Waals surface area (Å²) in [4.78, 5) is 14.4. The summed E-state index contributed by atoms with van der Waals surface area (Å²) in [5, 5.41) is 2.30. The SMILES string of the molecule is CC(C)c1nc(-c2ccc(F)c(NS(=O)(=O)C3CC(F)=CC=C3F)c2)c(-c2ccnc(NC3CC3)n2)s1. The van der Waals surface area contributed by atoms with Gasteiger partial charge in [-0.3, -0.25) is 4.72 Å². The van der Waals surface area contributed by atoms with E-state index in [1.54, 1.807) is 12.3 Å². The van der Waals surface area contributed by atoms with Crippen molar-refractivity contribution < 1.29 is 21.6 Å². The molecule has 2 aliphatic carbocycles. The topological polar surface area (TPSA) is 96.9 Å². The summed E-state index contributed by atoms with van der Waals surface area (Å²) in [7, 11) is -4.48. The molecule has 1 fully saturated rings. The molecule has 0 amide bonds. The number of nitrogens with one attached hydrogen (secondary N) is 2. The van der Waals surface area contributed by atoms with Gasteiger partial charge in [-0.2, -0.15) is 0 Å². The number of benzene rings is 1. The highest BCUT2D eigenvalue weighted by atomic mass is 32.2. The van der Waals surface area contributed by atoms with Crippen LogP contribution in [0.15, 0.2) is 54.3 Å². The molecule has 2 aliphatic rings. The number of allylic oxidation sites excluding steroid dienone is 3. The van der Waals surface area contributed by atoms with Gasteiger partial charge >= 0.3 is 0 Å². The molecule has 2 aromatic heterocycles. The fraction of sp³-hybridized carbons (Fsp3) is 0.320. The lowest BCUT2D eigenvalue weighted by Crippen LogP contribution is -2.30. The predicted molar refractivity (Wildman–Crippen MR) is 139 cm³/mol. The molecule has 5 rings (SSSR count). The second-order valence-corrected chi connectivity index (χ2v) is 12.2. The smallest absolute Gasteiger partial charge is 0.242 e. The van der Waals surface area contributed by atoms with Gasteiger partial charge in [0.05, 0.1) is 27.0 Å². The van der Waals surface area contributed by atoms with E-state index in [2.05, 4.69) is 20.0 Å². The molecule has 2 heterocycles. The number of thiazole rings is 1. The molecule has 0 spiro atoms. The molecule has 0 aliphatic heterocycles. The largest absolute Gasteiger partial charge is 0.351 e. The van der Waals surface area contributed by atoms with Crippen LogP contribution >= 0.6 is 11.3 Å². The van der Waals surface area contributed by atoms with Gasteiger partial charge in [-0.1, -0.05) is 13.8 Å². The van der Waals surface area contributed by atoms with Crippen LogP contribution in [0.5, 0.6) is 0 Å². The first kappa shape index (κ1) is 25.4. The Morgan fingerprint density at radius 2 is 1.86 bits per heavy atom. The van der Waals surface area contributed by atoms with Gasteiger partial charge in [-0.15, -0.1) is 11.3 Å². The van der Waals surface area contributed by atoms with Crippen molar-refractivity contribution in [3.8, 4) is 21.8 Å². The molecule has 7 nitrogen and oxygen atoms in total. The third-order valence-corrected chi connectivity index (χ3v) is 8.94. The molecule has 12 heteroatoms. The van der Waals surface area contributed by atoms with Crippen molar-refractivity contribution in [1.82, 2.24) is 15.0 Å². The van der Waals surface area contributed by atoms with Crippen LogP contribution in [-0.4, -0.2) is 34.7 Å². The lowest BCUT2D eigenvalue weighted by molar-refractivity contribution is 0.509. The average molecular weight is 548 g/mol. The molecule has 3 aromatic rings. The zero-order valence-electron chi connectivity index (χ0n) is 20.0. The monoisotopic (exact) mass is 547 g/mol. The molecular formula is C25H24F3N5O2S2. The molecule has 194 valence electrons. The minimum Gasteiger partial charge on any atom is -0.351 e.